The number of nitrogens with two attached hydrogens (primary N) is 4. The predicted octanol–water partition coefficient (Wildman–Crippen LogP) is -4.81. The molecule has 11 amide bonds. The van der Waals surface area contributed by atoms with Crippen molar-refractivity contribution in [2.45, 2.75) is 127 Å². The van der Waals surface area contributed by atoms with Crippen LogP contribution in [0.1, 0.15) is 102 Å². The van der Waals surface area contributed by atoms with Gasteiger partial charge in [-0.2, -0.15) is 0 Å². The third kappa shape index (κ3) is 72.5. The van der Waals surface area contributed by atoms with Gasteiger partial charge in [-0.15, -0.1) is 11.8 Å². The number of hydrogen-bond donors (Lipinski definition) is 15. The quantitative estimate of drug-likeness (QED) is 0.0126. The van der Waals surface area contributed by atoms with Crippen LogP contribution in [0.5, 0.6) is 0 Å². The number of nitrogens with one attached hydrogen (secondary N) is 10. The highest BCUT2D eigenvalue weighted by Gasteiger charge is 2.36. The van der Waals surface area contributed by atoms with Gasteiger partial charge in [0.25, 0.3) is 0 Å². The van der Waals surface area contributed by atoms with Gasteiger partial charge in [-0.1, -0.05) is 51.9 Å². The number of carbonyl (C=O) groups is 18. The van der Waals surface area contributed by atoms with Crippen LogP contribution >= 0.6 is 33.3 Å². The number of primary amides is 1. The summed E-state index contributed by atoms with van der Waals surface area (Å²) >= 11 is 0.994. The Kier molecular flexibility index (Phi) is 77.3. The number of rotatable bonds is 80. The smallest absolute Gasteiger partial charge is 0.304 e. The van der Waals surface area contributed by atoms with Gasteiger partial charge in [0.2, 0.25) is 65.0 Å². The van der Waals surface area contributed by atoms with Crippen molar-refractivity contribution in [1.82, 2.24) is 53.2 Å². The monoisotopic (exact) mass is 2120 g/mol. The molecule has 1 aromatic carbocycles. The van der Waals surface area contributed by atoms with E-state index in [2.05, 4.69) is 58.2 Å². The van der Waals surface area contributed by atoms with Crippen LogP contribution in [-0.2, 0) is 169 Å². The maximum absolute atomic E-state index is 14.8. The Morgan fingerprint density at radius 3 is 1.21 bits per heavy atom. The highest BCUT2D eigenvalue weighted by atomic mass is 33.1. The molecule has 2 fully saturated rings. The van der Waals surface area contributed by atoms with Crippen LogP contribution in [0.4, 0.5) is 0 Å². The number of unbranched alkanes of at least 4 members (excludes halogenated alkanes) is 1. The fourth-order valence-corrected chi connectivity index (χ4v) is 16.4. The molecule has 19 N–H and O–H groups in total. The minimum atomic E-state index is -1.52. The Bertz CT molecular complexity index is 3970. The minimum absolute atomic E-state index is 0.0196. The molecule has 2 aliphatic heterocycles. The van der Waals surface area contributed by atoms with Gasteiger partial charge in [-0.3, -0.25) is 91.3 Å². The number of ether oxygens (including phenoxy) is 16. The number of amides is 11. The standard InChI is InChI=1S/C92H151N15O35S3/c93-17-5-4-15-73-91(126)107-76-64-145-144-63-75(106-90(125)69(52-87(121)122)49-72(110)53-103-88(123)67(50-78(76)112)12-6-18-102-92(95)96)79(113)51-68(48-66-10-2-1-3-11-66)89(124)105-74(62-143-65-86(120)104-73)77(111)16-9-26-129-34-42-135-40-32-127-24-7-13-70(108)54-139-55-71(109)14-8-25-128-33-41-136-43-35-131-28-20-98-82(116)58-141-59-83(117)100-22-30-133-38-46-138-47-39-134-31-23-101-85(119)61-142-60-84(118)99-21-29-132-37-45-137-44-36-130-27-19-97-81(115)57-140-56-80(94)114/h1-3,10-11,67-69,73-76H,4-9,12-65,93H2,(H2,94,114)(H,97,115)(H,98,116)(H,99,118)(H,100,117)(H,101,119)(H,103,123)(H,104,120)(H,105,124)(H,106,125)(H,107,126)(H,121,122)(H4,95,96,102)/t67-,68-,69+,73+,74+,75+,76+/m1/s1. The molecule has 3 rings (SSSR count). The Balaban J connectivity index is 1.22. The second kappa shape index (κ2) is 86.5. The van der Waals surface area contributed by atoms with E-state index in [1.165, 1.54) is 0 Å². The van der Waals surface area contributed by atoms with E-state index < -0.39 is 168 Å². The first-order valence-corrected chi connectivity index (χ1v) is 52.1. The van der Waals surface area contributed by atoms with Crippen molar-refractivity contribution in [3.05, 3.63) is 35.9 Å². The summed E-state index contributed by atoms with van der Waals surface area (Å²) in [7, 11) is 2.05. The summed E-state index contributed by atoms with van der Waals surface area (Å²) in [4.78, 5) is 239. The van der Waals surface area contributed by atoms with Crippen molar-refractivity contribution in [3.8, 4) is 0 Å². The number of aliphatic imine (C=N–C) groups is 1. The Hall–Kier alpha value is -9.48. The first-order valence-electron chi connectivity index (χ1n) is 48.4. The highest BCUT2D eigenvalue weighted by Crippen LogP contribution is 2.28. The zero-order valence-electron chi connectivity index (χ0n) is 82.7. The molecule has 1 aromatic rings. The van der Waals surface area contributed by atoms with Crippen LogP contribution < -0.4 is 76.1 Å². The molecule has 145 heavy (non-hydrogen) atoms. The van der Waals surface area contributed by atoms with Crippen molar-refractivity contribution in [2.24, 2.45) is 45.7 Å². The van der Waals surface area contributed by atoms with Gasteiger partial charge in [0, 0.05) is 127 Å². The number of carboxylic acids is 1. The lowest BCUT2D eigenvalue weighted by molar-refractivity contribution is -0.142. The molecule has 822 valence electrons. The number of guanidine groups is 1. The maximum Gasteiger partial charge on any atom is 0.304 e. The number of Topliss-reactive ketones (excluding diaryl/α,β-unsaturated/α-hetero) is 6. The number of carboxylic acid groups (broad SMARTS) is 1. The molecular weight excluding hydrogens is 1970 g/mol. The number of thioether (sulfide) groups is 1. The average molecular weight is 2120 g/mol. The van der Waals surface area contributed by atoms with Crippen molar-refractivity contribution >= 4 is 145 Å². The van der Waals surface area contributed by atoms with Gasteiger partial charge in [-0.25, -0.2) is 0 Å². The number of nitrogens with zero attached hydrogens (tertiary/aromatic N) is 1. The van der Waals surface area contributed by atoms with Gasteiger partial charge in [-0.05, 0) is 69.9 Å². The number of fused-ring (bicyclic) bond motifs is 5. The van der Waals surface area contributed by atoms with Crippen molar-refractivity contribution in [3.63, 3.8) is 0 Å². The number of carbonyl (C=O) groups excluding carboxylic acids is 17. The van der Waals surface area contributed by atoms with E-state index in [4.69, 9.17) is 98.7 Å². The summed E-state index contributed by atoms with van der Waals surface area (Å²) in [5, 5.41) is 36.5. The molecule has 53 heteroatoms. The lowest BCUT2D eigenvalue weighted by atomic mass is 9.90. The van der Waals surface area contributed by atoms with Crippen LogP contribution in [-0.4, -0.2) is 428 Å². The van der Waals surface area contributed by atoms with E-state index in [9.17, 15) is 91.4 Å². The summed E-state index contributed by atoms with van der Waals surface area (Å²) in [6.45, 7) is 4.57. The molecule has 0 spiro atoms. The average Bonchev–Trinajstić information content (AvgIpc) is 1.43. The molecule has 0 aromatic heterocycles. The highest BCUT2D eigenvalue weighted by molar-refractivity contribution is 8.76. The Labute approximate surface area is 856 Å². The lowest BCUT2D eigenvalue weighted by Gasteiger charge is -2.26. The molecule has 2 saturated heterocycles. The largest absolute Gasteiger partial charge is 0.481 e. The fraction of sp³-hybridized carbons (Fsp3) is 0.728. The van der Waals surface area contributed by atoms with Crippen molar-refractivity contribution in [2.75, 3.05) is 287 Å². The third-order valence-electron chi connectivity index (χ3n) is 20.4. The van der Waals surface area contributed by atoms with Gasteiger partial charge in [0.1, 0.15) is 58.9 Å². The summed E-state index contributed by atoms with van der Waals surface area (Å²) in [6.07, 6.45) is 0.0624. The molecular formula is C92H151N15O35S3. The summed E-state index contributed by atoms with van der Waals surface area (Å²) < 4.78 is 86.3. The molecule has 2 bridgehead atoms. The normalized spacial score (nSPS) is 17.6. The maximum atomic E-state index is 14.8. The van der Waals surface area contributed by atoms with Crippen molar-refractivity contribution < 1.29 is 167 Å². The van der Waals surface area contributed by atoms with Gasteiger partial charge >= 0.3 is 5.97 Å². The molecule has 2 aliphatic rings. The zero-order chi connectivity index (χ0) is 106. The van der Waals surface area contributed by atoms with E-state index in [0.717, 1.165) is 33.3 Å². The fourth-order valence-electron chi connectivity index (χ4n) is 13.1. The molecule has 2 heterocycles. The molecule has 0 unspecified atom stereocenters. The number of benzene rings is 1. The predicted molar refractivity (Wildman–Crippen MR) is 528 cm³/mol. The summed E-state index contributed by atoms with van der Waals surface area (Å²) in [6, 6.07) is 3.57. The zero-order valence-corrected chi connectivity index (χ0v) is 85.1. The SMILES string of the molecule is NCCCC[C@@H]1NC(=O)CSC[C@@H](C(=O)CCCOCCOCCOCCCC(=O)COCC(=O)CCCOCCOCCOCCNC(=O)COCC(=O)NCCOCCOCCOCCNC(=O)COCC(=O)NCCOCCOCCOCCNC(=O)COCC(N)=O)NC(=O)[C@H](Cc2ccccc2)CC(=O)[C@@H]2CSSC[C@H](NC1=O)C(=O)C[C@@H](CCCN=C(N)N)C(=O)NCC(=O)C[C@@H](CC(=O)O)C(=O)N2. The van der Waals surface area contributed by atoms with Gasteiger partial charge in [0.15, 0.2) is 40.7 Å². The van der Waals surface area contributed by atoms with Gasteiger partial charge < -0.3 is 157 Å². The minimum Gasteiger partial charge on any atom is -0.481 e. The van der Waals surface area contributed by atoms with E-state index >= 15 is 0 Å². The second-order valence-corrected chi connectivity index (χ2v) is 36.3. The summed E-state index contributed by atoms with van der Waals surface area (Å²) in [5.41, 5.74) is 22.4. The molecule has 0 saturated carbocycles. The molecule has 7 atom stereocenters. The Morgan fingerprint density at radius 1 is 0.393 bits per heavy atom. The molecule has 0 aliphatic carbocycles. The molecule has 0 radical (unpaired) electrons. The number of hydrogen-bond acceptors (Lipinski definition) is 39. The van der Waals surface area contributed by atoms with Crippen LogP contribution in [0, 0.1) is 17.8 Å². The van der Waals surface area contributed by atoms with E-state index in [1.807, 2.05) is 0 Å². The second-order valence-electron chi connectivity index (χ2n) is 32.7. The van der Waals surface area contributed by atoms with Crippen LogP contribution in [0.25, 0.3) is 0 Å². The third-order valence-corrected chi connectivity index (χ3v) is 23.9. The van der Waals surface area contributed by atoms with Crippen LogP contribution in [0.3, 0.4) is 0 Å². The lowest BCUT2D eigenvalue weighted by Crippen LogP contribution is -2.53. The van der Waals surface area contributed by atoms with E-state index in [0.29, 0.717) is 64.3 Å². The topological polar surface area (TPSA) is 712 Å². The van der Waals surface area contributed by atoms with Crippen LogP contribution in [0.2, 0.25) is 0 Å². The molecule has 50 nitrogen and oxygen atoms in total. The van der Waals surface area contributed by atoms with E-state index in [1.54, 1.807) is 30.3 Å². The van der Waals surface area contributed by atoms with Crippen LogP contribution in [0.15, 0.2) is 35.3 Å². The summed E-state index contributed by atoms with van der Waals surface area (Å²) in [5.74, 6) is -15.5. The number of ketones is 6. The Morgan fingerprint density at radius 2 is 0.786 bits per heavy atom. The van der Waals surface area contributed by atoms with Crippen molar-refractivity contribution in [1.29, 1.82) is 0 Å². The van der Waals surface area contributed by atoms with E-state index in [-0.39, 0.29) is 316 Å². The first kappa shape index (κ1) is 130. The first-order chi connectivity index (χ1) is 70.1. The number of aliphatic carboxylic acids is 1. The van der Waals surface area contributed by atoms with Gasteiger partial charge in [0.05, 0.1) is 182 Å².